The zero-order valence-electron chi connectivity index (χ0n) is 36.4. The summed E-state index contributed by atoms with van der Waals surface area (Å²) in [5.41, 5.74) is 7.93. The lowest BCUT2D eigenvalue weighted by molar-refractivity contribution is -0.138. The lowest BCUT2D eigenvalue weighted by Gasteiger charge is -2.41. The Kier molecular flexibility index (Phi) is 11.3. The van der Waals surface area contributed by atoms with Crippen molar-refractivity contribution in [2.75, 3.05) is 67.9 Å². The van der Waals surface area contributed by atoms with Crippen LogP contribution in [-0.2, 0) is 11.0 Å². The van der Waals surface area contributed by atoms with Crippen molar-refractivity contribution < 1.29 is 37.1 Å². The van der Waals surface area contributed by atoms with E-state index in [-0.39, 0.29) is 80.1 Å². The topological polar surface area (TPSA) is 166 Å². The molecule has 14 nitrogen and oxygen atoms in total. The number of amides is 4. The van der Waals surface area contributed by atoms with Crippen LogP contribution >= 0.6 is 0 Å². The Morgan fingerprint density at radius 1 is 0.894 bits per heavy atom. The van der Waals surface area contributed by atoms with E-state index in [1.54, 1.807) is 35.4 Å². The summed E-state index contributed by atoms with van der Waals surface area (Å²) >= 11 is 0. The van der Waals surface area contributed by atoms with Gasteiger partial charge < -0.3 is 30.1 Å². The van der Waals surface area contributed by atoms with Gasteiger partial charge in [-0.15, -0.1) is 10.2 Å². The fourth-order valence-electron chi connectivity index (χ4n) is 10.5. The van der Waals surface area contributed by atoms with Crippen LogP contribution in [0, 0.1) is 0 Å². The van der Waals surface area contributed by atoms with Crippen molar-refractivity contribution in [2.45, 2.75) is 87.5 Å². The van der Waals surface area contributed by atoms with Gasteiger partial charge in [0.05, 0.1) is 28.8 Å². The van der Waals surface area contributed by atoms with E-state index < -0.39 is 35.3 Å². The van der Waals surface area contributed by atoms with E-state index in [1.165, 1.54) is 28.7 Å². The van der Waals surface area contributed by atoms with Gasteiger partial charge in [-0.1, -0.05) is 18.2 Å². The number of piperidine rings is 3. The molecule has 0 bridgehead atoms. The fourth-order valence-corrected chi connectivity index (χ4v) is 10.5. The van der Waals surface area contributed by atoms with E-state index in [0.717, 1.165) is 42.8 Å². The van der Waals surface area contributed by atoms with Gasteiger partial charge in [0.15, 0.2) is 5.82 Å². The number of anilines is 3. The number of hydrogen-bond acceptors (Lipinski definition) is 10. The molecule has 0 spiro atoms. The number of aromatic hydroxyl groups is 1. The summed E-state index contributed by atoms with van der Waals surface area (Å²) < 4.78 is 63.2. The summed E-state index contributed by atoms with van der Waals surface area (Å²) in [5.74, 6) is -0.780. The number of pyridine rings is 1. The van der Waals surface area contributed by atoms with Crippen molar-refractivity contribution in [1.29, 1.82) is 0 Å². The molecule has 5 aliphatic rings. The summed E-state index contributed by atoms with van der Waals surface area (Å²) in [4.78, 5) is 50.0. The van der Waals surface area contributed by atoms with Crippen LogP contribution in [0.3, 0.4) is 0 Å². The summed E-state index contributed by atoms with van der Waals surface area (Å²) in [6.45, 7) is 2.82. The number of alkyl halides is 4. The molecule has 18 heteroatoms. The number of aromatic nitrogens is 4. The molecular weight excluding hydrogens is 857 g/mol. The zero-order valence-corrected chi connectivity index (χ0v) is 36.4. The van der Waals surface area contributed by atoms with Crippen molar-refractivity contribution >= 4 is 46.1 Å². The molecule has 1 aliphatic carbocycles. The average Bonchev–Trinajstić information content (AvgIpc) is 4.09. The SMILES string of the molecule is Nc1nnc(-c2ccccc2O)cc1N1CCCC(c2ccc(C(=O)N3CCC(F)(CN4CCC(n5cc(C6CC6)c6cc(N7CCC(=O)NC7=O)cnc65)CC4)CC3)cc2C(F)(F)F)C1. The summed E-state index contributed by atoms with van der Waals surface area (Å²) in [6.07, 6.45) is 4.42. The quantitative estimate of drug-likeness (QED) is 0.124. The molecule has 1 unspecified atom stereocenters. The Labute approximate surface area is 378 Å². The Hall–Kier alpha value is -6.30. The number of nitrogens with two attached hydrogens (primary N) is 1. The summed E-state index contributed by atoms with van der Waals surface area (Å²) in [5, 5.41) is 22.0. The molecule has 2 aromatic carbocycles. The number of likely N-dealkylation sites (tertiary alicyclic amines) is 2. The van der Waals surface area contributed by atoms with Gasteiger partial charge in [-0.25, -0.2) is 14.2 Å². The first kappa shape index (κ1) is 43.6. The Bertz CT molecular complexity index is 2690. The molecule has 4 amide bonds. The molecule has 1 saturated carbocycles. The molecule has 10 rings (SSSR count). The van der Waals surface area contributed by atoms with Gasteiger partial charge in [-0.3, -0.25) is 19.8 Å². The van der Waals surface area contributed by atoms with Gasteiger partial charge in [-0.05, 0) is 92.0 Å². The molecule has 4 saturated heterocycles. The minimum atomic E-state index is -4.73. The predicted octanol–water partition coefficient (Wildman–Crippen LogP) is 7.79. The van der Waals surface area contributed by atoms with E-state index >= 15 is 4.39 Å². The predicted molar refractivity (Wildman–Crippen MR) is 240 cm³/mol. The number of nitrogen functional groups attached to an aromatic ring is 1. The number of imide groups is 1. The number of para-hydroxylation sites is 1. The van der Waals surface area contributed by atoms with Gasteiger partial charge in [0, 0.05) is 106 Å². The Morgan fingerprint density at radius 3 is 2.39 bits per heavy atom. The highest BCUT2D eigenvalue weighted by molar-refractivity contribution is 6.06. The third-order valence-electron chi connectivity index (χ3n) is 14.3. The number of carbonyl (C=O) groups excluding carboxylic acids is 3. The largest absolute Gasteiger partial charge is 0.507 e. The molecule has 1 atom stereocenters. The van der Waals surface area contributed by atoms with Gasteiger partial charge in [0.1, 0.15) is 17.1 Å². The lowest BCUT2D eigenvalue weighted by atomic mass is 9.86. The monoisotopic (exact) mass is 908 g/mol. The maximum Gasteiger partial charge on any atom is 0.416 e. The normalized spacial score (nSPS) is 21.1. The van der Waals surface area contributed by atoms with Crippen LogP contribution in [0.1, 0.15) is 103 Å². The fraction of sp³-hybridized carbons (Fsp3) is 0.458. The molecule has 7 heterocycles. The molecule has 4 aliphatic heterocycles. The number of nitrogens with zero attached hydrogens (tertiary/aromatic N) is 8. The van der Waals surface area contributed by atoms with E-state index in [2.05, 4.69) is 31.2 Å². The minimum absolute atomic E-state index is 0.0122. The number of phenols is 1. The van der Waals surface area contributed by atoms with Crippen LogP contribution in [-0.4, -0.2) is 111 Å². The van der Waals surface area contributed by atoms with Crippen LogP contribution in [0.25, 0.3) is 22.3 Å². The van der Waals surface area contributed by atoms with Crippen LogP contribution < -0.4 is 20.9 Å². The highest BCUT2D eigenvalue weighted by atomic mass is 19.4. The van der Waals surface area contributed by atoms with Gasteiger partial charge >= 0.3 is 12.2 Å². The standard InChI is InChI=1S/C48H52F4N10O4/c49-47(28-58-17-11-32(12-18-58)62-27-37(29-7-8-29)36-23-33(25-54-44(36)62)61-19-13-42(64)55-46(61)66)14-20-59(21-15-47)45(65)30-9-10-34(38(22-30)48(50,51)52)31-4-3-16-60(26-31)40-24-39(56-57-43(40)53)35-5-1-2-6-41(35)63/h1-2,5-6,9-10,22-25,27,29,31-32,63H,3-4,7-8,11-21,26,28H2,(H2,53,57)(H,55,64,66). The number of urea groups is 1. The van der Waals surface area contributed by atoms with Crippen molar-refractivity contribution in [2.24, 2.45) is 0 Å². The number of benzene rings is 2. The van der Waals surface area contributed by atoms with Crippen LogP contribution in [0.2, 0.25) is 0 Å². The smallest absolute Gasteiger partial charge is 0.416 e. The second-order valence-corrected chi connectivity index (χ2v) is 18.6. The van der Waals surface area contributed by atoms with Crippen LogP contribution in [0.15, 0.2) is 67.0 Å². The summed E-state index contributed by atoms with van der Waals surface area (Å²) in [6, 6.07) is 13.9. The van der Waals surface area contributed by atoms with Crippen molar-refractivity contribution in [3.8, 4) is 17.0 Å². The third-order valence-corrected chi connectivity index (χ3v) is 14.3. The Balaban J connectivity index is 0.768. The average molecular weight is 909 g/mol. The third kappa shape index (κ3) is 8.62. The van der Waals surface area contributed by atoms with Crippen molar-refractivity contribution in [3.63, 3.8) is 0 Å². The molecule has 346 valence electrons. The maximum absolute atomic E-state index is 16.5. The number of phenolic OH excluding ortho intramolecular Hbond substituents is 1. The van der Waals surface area contributed by atoms with E-state index in [1.807, 2.05) is 11.0 Å². The molecule has 5 fully saturated rings. The van der Waals surface area contributed by atoms with Crippen molar-refractivity contribution in [1.82, 2.24) is 34.9 Å². The minimum Gasteiger partial charge on any atom is -0.507 e. The number of rotatable bonds is 9. The summed E-state index contributed by atoms with van der Waals surface area (Å²) in [7, 11) is 0. The van der Waals surface area contributed by atoms with E-state index in [4.69, 9.17) is 10.7 Å². The lowest BCUT2D eigenvalue weighted by Crippen LogP contribution is -2.51. The zero-order chi connectivity index (χ0) is 45.9. The number of carbonyl (C=O) groups is 3. The molecule has 3 aromatic heterocycles. The number of nitrogens with one attached hydrogen (secondary N) is 1. The highest BCUT2D eigenvalue weighted by Crippen LogP contribution is 2.46. The first-order valence-corrected chi connectivity index (χ1v) is 22.9. The first-order valence-electron chi connectivity index (χ1n) is 22.9. The molecule has 4 N–H and O–H groups in total. The second kappa shape index (κ2) is 17.2. The second-order valence-electron chi connectivity index (χ2n) is 18.6. The molecular formula is C48H52F4N10O4. The molecule has 5 aromatic rings. The van der Waals surface area contributed by atoms with Crippen LogP contribution in [0.5, 0.6) is 5.75 Å². The Morgan fingerprint density at radius 2 is 1.67 bits per heavy atom. The number of halogens is 4. The van der Waals surface area contributed by atoms with Crippen molar-refractivity contribution in [3.05, 3.63) is 89.2 Å². The van der Waals surface area contributed by atoms with E-state index in [0.29, 0.717) is 67.6 Å². The maximum atomic E-state index is 16.5. The molecule has 0 radical (unpaired) electrons. The number of fused-ring (bicyclic) bond motifs is 1. The van der Waals surface area contributed by atoms with E-state index in [9.17, 15) is 32.7 Å². The van der Waals surface area contributed by atoms with Gasteiger partial charge in [0.2, 0.25) is 5.91 Å². The number of hydrogen-bond donors (Lipinski definition) is 3. The first-order chi connectivity index (χ1) is 31.7. The molecule has 66 heavy (non-hydrogen) atoms. The highest BCUT2D eigenvalue weighted by Gasteiger charge is 2.41. The van der Waals surface area contributed by atoms with Gasteiger partial charge in [-0.2, -0.15) is 13.2 Å². The van der Waals surface area contributed by atoms with Crippen LogP contribution in [0.4, 0.5) is 39.5 Å². The van der Waals surface area contributed by atoms with Gasteiger partial charge in [0.25, 0.3) is 5.91 Å².